The van der Waals surface area contributed by atoms with Crippen LogP contribution in [0.2, 0.25) is 0 Å². The van der Waals surface area contributed by atoms with Crippen LogP contribution >= 0.6 is 0 Å². The number of benzene rings is 1. The van der Waals surface area contributed by atoms with Gasteiger partial charge in [0.05, 0.1) is 7.11 Å². The van der Waals surface area contributed by atoms with Crippen molar-refractivity contribution in [3.8, 4) is 0 Å². The van der Waals surface area contributed by atoms with Gasteiger partial charge in [-0.2, -0.15) is 0 Å². The van der Waals surface area contributed by atoms with Crippen LogP contribution < -0.4 is 5.32 Å². The summed E-state index contributed by atoms with van der Waals surface area (Å²) in [5.74, 6) is -0.181. The predicted octanol–water partition coefficient (Wildman–Crippen LogP) is 1.02. The van der Waals surface area contributed by atoms with Gasteiger partial charge in [0.2, 0.25) is 0 Å². The van der Waals surface area contributed by atoms with E-state index >= 15 is 0 Å². The summed E-state index contributed by atoms with van der Waals surface area (Å²) < 4.78 is 4.81. The Labute approximate surface area is 108 Å². The van der Waals surface area contributed by atoms with E-state index in [0.717, 1.165) is 13.1 Å². The molecule has 1 N–H and O–H groups in total. The van der Waals surface area contributed by atoms with Crippen molar-refractivity contribution in [3.05, 3.63) is 35.9 Å². The molecule has 4 nitrogen and oxygen atoms in total. The van der Waals surface area contributed by atoms with E-state index in [2.05, 4.69) is 29.3 Å². The average Bonchev–Trinajstić information content (AvgIpc) is 2.38. The minimum atomic E-state index is -0.220. The summed E-state index contributed by atoms with van der Waals surface area (Å²) in [6.45, 7) is 4.61. The minimum Gasteiger partial charge on any atom is -0.468 e. The number of carbonyl (C=O) groups is 1. The molecule has 1 aliphatic heterocycles. The summed E-state index contributed by atoms with van der Waals surface area (Å²) >= 11 is 0. The van der Waals surface area contributed by atoms with Gasteiger partial charge >= 0.3 is 5.97 Å². The smallest absolute Gasteiger partial charge is 0.324 e. The number of esters is 1. The zero-order valence-electron chi connectivity index (χ0n) is 10.9. The molecule has 2 atom stereocenters. The van der Waals surface area contributed by atoms with Crippen LogP contribution in [-0.4, -0.2) is 43.2 Å². The van der Waals surface area contributed by atoms with Crippen molar-refractivity contribution in [2.45, 2.75) is 25.6 Å². The van der Waals surface area contributed by atoms with Crippen LogP contribution in [0.1, 0.15) is 12.5 Å². The van der Waals surface area contributed by atoms with E-state index < -0.39 is 0 Å². The Balaban J connectivity index is 1.98. The fourth-order valence-corrected chi connectivity index (χ4v) is 2.42. The van der Waals surface area contributed by atoms with E-state index in [1.54, 1.807) is 0 Å². The second kappa shape index (κ2) is 5.98. The molecule has 0 bridgehead atoms. The number of carbonyl (C=O) groups excluding carboxylic acids is 1. The number of nitrogens with one attached hydrogen (secondary N) is 1. The van der Waals surface area contributed by atoms with Gasteiger partial charge in [-0.05, 0) is 12.5 Å². The molecule has 98 valence electrons. The molecule has 1 heterocycles. The number of rotatable bonds is 3. The first-order chi connectivity index (χ1) is 8.69. The Kier molecular flexibility index (Phi) is 4.33. The minimum absolute atomic E-state index is 0.181. The van der Waals surface area contributed by atoms with Gasteiger partial charge in [0.15, 0.2) is 0 Å². The average molecular weight is 248 g/mol. The van der Waals surface area contributed by atoms with Crippen molar-refractivity contribution in [1.29, 1.82) is 0 Å². The molecule has 0 saturated carbocycles. The third kappa shape index (κ3) is 3.31. The lowest BCUT2D eigenvalue weighted by atomic mass is 10.1. The van der Waals surface area contributed by atoms with Gasteiger partial charge in [0, 0.05) is 25.7 Å². The maximum atomic E-state index is 11.6. The van der Waals surface area contributed by atoms with E-state index in [-0.39, 0.29) is 12.0 Å². The van der Waals surface area contributed by atoms with Crippen LogP contribution in [0.25, 0.3) is 0 Å². The molecule has 0 aliphatic carbocycles. The number of hydrogen-bond acceptors (Lipinski definition) is 4. The van der Waals surface area contributed by atoms with E-state index in [1.165, 1.54) is 12.7 Å². The molecule has 0 spiro atoms. The Hall–Kier alpha value is -1.39. The highest BCUT2D eigenvalue weighted by molar-refractivity contribution is 5.76. The number of piperazine rings is 1. The Morgan fingerprint density at radius 3 is 2.78 bits per heavy atom. The van der Waals surface area contributed by atoms with Crippen molar-refractivity contribution in [2.24, 2.45) is 0 Å². The monoisotopic (exact) mass is 248 g/mol. The highest BCUT2D eigenvalue weighted by atomic mass is 16.5. The molecule has 1 aromatic rings. The maximum Gasteiger partial charge on any atom is 0.324 e. The Morgan fingerprint density at radius 2 is 2.11 bits per heavy atom. The molecular formula is C14H20N2O2. The molecule has 0 amide bonds. The molecule has 2 rings (SSSR count). The molecule has 0 radical (unpaired) electrons. The van der Waals surface area contributed by atoms with Crippen LogP contribution in [0.3, 0.4) is 0 Å². The number of ether oxygens (including phenoxy) is 1. The maximum absolute atomic E-state index is 11.6. The van der Waals surface area contributed by atoms with Crippen LogP contribution in [0.4, 0.5) is 0 Å². The van der Waals surface area contributed by atoms with Gasteiger partial charge in [-0.25, -0.2) is 0 Å². The van der Waals surface area contributed by atoms with Crippen molar-refractivity contribution in [2.75, 3.05) is 20.2 Å². The predicted molar refractivity (Wildman–Crippen MR) is 70.1 cm³/mol. The third-order valence-electron chi connectivity index (χ3n) is 3.19. The van der Waals surface area contributed by atoms with Crippen LogP contribution in [0.15, 0.2) is 30.3 Å². The first-order valence-corrected chi connectivity index (χ1v) is 6.29. The molecule has 0 unspecified atom stereocenters. The van der Waals surface area contributed by atoms with Gasteiger partial charge in [0.1, 0.15) is 6.04 Å². The summed E-state index contributed by atoms with van der Waals surface area (Å²) in [6.07, 6.45) is 0. The van der Waals surface area contributed by atoms with Crippen molar-refractivity contribution < 1.29 is 9.53 Å². The van der Waals surface area contributed by atoms with Crippen molar-refractivity contribution in [3.63, 3.8) is 0 Å². The third-order valence-corrected chi connectivity index (χ3v) is 3.19. The number of hydrogen-bond donors (Lipinski definition) is 1. The molecule has 1 fully saturated rings. The summed E-state index contributed by atoms with van der Waals surface area (Å²) in [4.78, 5) is 13.9. The number of nitrogens with zero attached hydrogens (tertiary/aromatic N) is 1. The summed E-state index contributed by atoms with van der Waals surface area (Å²) in [6, 6.07) is 10.4. The van der Waals surface area contributed by atoms with Crippen molar-refractivity contribution >= 4 is 5.97 Å². The fraction of sp³-hybridized carbons (Fsp3) is 0.500. The normalized spacial score (nSPS) is 24.8. The van der Waals surface area contributed by atoms with Gasteiger partial charge in [0.25, 0.3) is 0 Å². The van der Waals surface area contributed by atoms with Gasteiger partial charge in [-0.15, -0.1) is 0 Å². The van der Waals surface area contributed by atoms with Gasteiger partial charge < -0.3 is 4.74 Å². The second-order valence-corrected chi connectivity index (χ2v) is 4.82. The topological polar surface area (TPSA) is 41.6 Å². The molecular weight excluding hydrogens is 228 g/mol. The van der Waals surface area contributed by atoms with Crippen LogP contribution in [0.5, 0.6) is 0 Å². The SMILES string of the molecule is COC(=O)[C@@H]1CN(Cc2ccccc2)C[C@@H](C)N1. The van der Waals surface area contributed by atoms with Gasteiger partial charge in [-0.3, -0.25) is 15.0 Å². The standard InChI is InChI=1S/C14H20N2O2/c1-11-8-16(9-12-6-4-3-5-7-12)10-13(15-11)14(17)18-2/h3-7,11,13,15H,8-10H2,1-2H3/t11-,13+/m1/s1. The lowest BCUT2D eigenvalue weighted by Gasteiger charge is -2.36. The lowest BCUT2D eigenvalue weighted by molar-refractivity contribution is -0.144. The van der Waals surface area contributed by atoms with E-state index in [0.29, 0.717) is 12.6 Å². The summed E-state index contributed by atoms with van der Waals surface area (Å²) in [5, 5.41) is 3.27. The molecule has 1 saturated heterocycles. The molecule has 1 aromatic carbocycles. The van der Waals surface area contributed by atoms with Gasteiger partial charge in [-0.1, -0.05) is 30.3 Å². The second-order valence-electron chi connectivity index (χ2n) is 4.82. The Morgan fingerprint density at radius 1 is 1.39 bits per heavy atom. The largest absolute Gasteiger partial charge is 0.468 e. The van der Waals surface area contributed by atoms with E-state index in [4.69, 9.17) is 4.74 Å². The van der Waals surface area contributed by atoms with E-state index in [9.17, 15) is 4.79 Å². The number of methoxy groups -OCH3 is 1. The quantitative estimate of drug-likeness (QED) is 0.811. The summed E-state index contributed by atoms with van der Waals surface area (Å²) in [5.41, 5.74) is 1.27. The highest BCUT2D eigenvalue weighted by Gasteiger charge is 2.29. The highest BCUT2D eigenvalue weighted by Crippen LogP contribution is 2.10. The van der Waals surface area contributed by atoms with Crippen molar-refractivity contribution in [1.82, 2.24) is 10.2 Å². The Bertz CT molecular complexity index is 394. The van der Waals surface area contributed by atoms with Crippen LogP contribution in [-0.2, 0) is 16.1 Å². The zero-order valence-corrected chi connectivity index (χ0v) is 10.9. The molecule has 1 aliphatic rings. The fourth-order valence-electron chi connectivity index (χ4n) is 2.42. The molecule has 18 heavy (non-hydrogen) atoms. The summed E-state index contributed by atoms with van der Waals surface area (Å²) in [7, 11) is 1.44. The first-order valence-electron chi connectivity index (χ1n) is 6.29. The first kappa shape index (κ1) is 13.1. The van der Waals surface area contributed by atoms with E-state index in [1.807, 2.05) is 18.2 Å². The van der Waals surface area contributed by atoms with Crippen LogP contribution in [0, 0.1) is 0 Å². The molecule has 0 aromatic heterocycles. The molecule has 4 heteroatoms. The lowest BCUT2D eigenvalue weighted by Crippen LogP contribution is -2.58. The zero-order chi connectivity index (χ0) is 13.0.